The van der Waals surface area contributed by atoms with E-state index in [2.05, 4.69) is 45.2 Å². The summed E-state index contributed by atoms with van der Waals surface area (Å²) in [6.07, 6.45) is 3.38. The quantitative estimate of drug-likeness (QED) is 0.520. The van der Waals surface area contributed by atoms with Crippen molar-refractivity contribution in [1.29, 1.82) is 5.26 Å². The molecule has 0 saturated carbocycles. The summed E-state index contributed by atoms with van der Waals surface area (Å²) < 4.78 is 1.61. The summed E-state index contributed by atoms with van der Waals surface area (Å²) in [6, 6.07) is 17.8. The van der Waals surface area contributed by atoms with E-state index in [1.165, 1.54) is 11.8 Å². The minimum absolute atomic E-state index is 0.0627. The van der Waals surface area contributed by atoms with Gasteiger partial charge in [-0.25, -0.2) is 4.68 Å². The molecule has 2 aliphatic heterocycles. The molecule has 1 aromatic heterocycles. The van der Waals surface area contributed by atoms with Gasteiger partial charge in [-0.3, -0.25) is 19.5 Å². The average Bonchev–Trinajstić information content (AvgIpc) is 3.31. The molecule has 0 unspecified atom stereocenters. The molecule has 35 heavy (non-hydrogen) atoms. The number of rotatable bonds is 5. The molecule has 0 aliphatic carbocycles. The van der Waals surface area contributed by atoms with E-state index in [1.54, 1.807) is 27.8 Å². The Morgan fingerprint density at radius 1 is 1.03 bits per heavy atom. The average molecular weight is 507 g/mol. The Morgan fingerprint density at radius 2 is 1.77 bits per heavy atom. The van der Waals surface area contributed by atoms with Gasteiger partial charge in [0.15, 0.2) is 5.82 Å². The van der Waals surface area contributed by atoms with Crippen LogP contribution in [0.25, 0.3) is 5.70 Å². The van der Waals surface area contributed by atoms with Gasteiger partial charge < -0.3 is 0 Å². The minimum atomic E-state index is -0.0627. The summed E-state index contributed by atoms with van der Waals surface area (Å²) in [5, 5.41) is 15.1. The number of amides is 1. The van der Waals surface area contributed by atoms with Gasteiger partial charge in [-0.05, 0) is 29.8 Å². The first-order chi connectivity index (χ1) is 17.0. The first kappa shape index (κ1) is 23.6. The third-order valence-electron chi connectivity index (χ3n) is 6.39. The van der Waals surface area contributed by atoms with Gasteiger partial charge >= 0.3 is 0 Å². The molecule has 2 aliphatic rings. The number of aromatic nitrogens is 2. The number of halogens is 2. The van der Waals surface area contributed by atoms with E-state index in [0.29, 0.717) is 39.2 Å². The summed E-state index contributed by atoms with van der Waals surface area (Å²) in [5.74, 6) is 0.404. The lowest BCUT2D eigenvalue weighted by molar-refractivity contribution is -0.120. The number of piperazine rings is 1. The van der Waals surface area contributed by atoms with E-state index < -0.39 is 0 Å². The lowest BCUT2D eigenvalue weighted by Gasteiger charge is -2.36. The lowest BCUT2D eigenvalue weighted by Crippen LogP contribution is -2.50. The van der Waals surface area contributed by atoms with Crippen LogP contribution in [0.1, 0.15) is 16.7 Å². The summed E-state index contributed by atoms with van der Waals surface area (Å²) in [7, 11) is 0. The van der Waals surface area contributed by atoms with Gasteiger partial charge in [0.05, 0.1) is 23.5 Å². The monoisotopic (exact) mass is 506 g/mol. The van der Waals surface area contributed by atoms with Crippen LogP contribution in [0.5, 0.6) is 0 Å². The minimum Gasteiger partial charge on any atom is -0.297 e. The van der Waals surface area contributed by atoms with Crippen molar-refractivity contribution >= 4 is 40.6 Å². The molecule has 3 heterocycles. The van der Waals surface area contributed by atoms with E-state index in [1.807, 2.05) is 12.1 Å². The molecule has 1 amide bonds. The van der Waals surface area contributed by atoms with Crippen LogP contribution in [-0.4, -0.2) is 64.8 Å². The van der Waals surface area contributed by atoms with Crippen LogP contribution in [-0.2, 0) is 11.3 Å². The molecule has 0 bridgehead atoms. The maximum Gasteiger partial charge on any atom is 0.242 e. The highest BCUT2D eigenvalue weighted by molar-refractivity contribution is 6.34. The number of benzene rings is 2. The Bertz CT molecular complexity index is 1310. The summed E-state index contributed by atoms with van der Waals surface area (Å²) >= 11 is 12.6. The van der Waals surface area contributed by atoms with Gasteiger partial charge in [0.2, 0.25) is 5.91 Å². The first-order valence-corrected chi connectivity index (χ1v) is 12.2. The molecule has 0 N–H and O–H groups in total. The van der Waals surface area contributed by atoms with E-state index in [9.17, 15) is 10.1 Å². The van der Waals surface area contributed by atoms with Crippen molar-refractivity contribution in [1.82, 2.24) is 19.6 Å². The largest absolute Gasteiger partial charge is 0.297 e. The number of anilines is 1. The molecule has 3 aromatic rings. The maximum absolute atomic E-state index is 13.4. The number of nitriles is 1. The van der Waals surface area contributed by atoms with Crippen molar-refractivity contribution in [2.24, 2.45) is 0 Å². The lowest BCUT2D eigenvalue weighted by atomic mass is 10.1. The van der Waals surface area contributed by atoms with Gasteiger partial charge in [0, 0.05) is 49.9 Å². The zero-order valence-electron chi connectivity index (χ0n) is 19.1. The van der Waals surface area contributed by atoms with Crippen LogP contribution in [0.15, 0.2) is 60.8 Å². The molecular formula is C26H24Cl2N6O. The van der Waals surface area contributed by atoms with Gasteiger partial charge in [-0.1, -0.05) is 53.5 Å². The van der Waals surface area contributed by atoms with Gasteiger partial charge in [-0.2, -0.15) is 10.4 Å². The number of hydrogen-bond donors (Lipinski definition) is 0. The van der Waals surface area contributed by atoms with Crippen molar-refractivity contribution in [3.8, 4) is 6.07 Å². The fourth-order valence-corrected chi connectivity index (χ4v) is 4.96. The zero-order valence-corrected chi connectivity index (χ0v) is 20.6. The normalized spacial score (nSPS) is 16.5. The summed E-state index contributed by atoms with van der Waals surface area (Å²) in [6.45, 7) is 4.97. The molecule has 0 spiro atoms. The smallest absolute Gasteiger partial charge is 0.242 e. The van der Waals surface area contributed by atoms with Crippen molar-refractivity contribution < 1.29 is 4.79 Å². The van der Waals surface area contributed by atoms with Crippen LogP contribution >= 0.6 is 23.2 Å². The molecule has 1 fully saturated rings. The second-order valence-corrected chi connectivity index (χ2v) is 9.50. The summed E-state index contributed by atoms with van der Waals surface area (Å²) in [5.41, 5.74) is 3.04. The third kappa shape index (κ3) is 4.97. The molecular weight excluding hydrogens is 483 g/mol. The number of carbonyl (C=O) groups is 1. The Labute approximate surface area is 214 Å². The van der Waals surface area contributed by atoms with E-state index in [4.69, 9.17) is 23.2 Å². The van der Waals surface area contributed by atoms with Crippen molar-refractivity contribution in [3.05, 3.63) is 87.5 Å². The molecule has 2 aromatic carbocycles. The topological polar surface area (TPSA) is 68.4 Å². The van der Waals surface area contributed by atoms with Crippen LogP contribution in [0.3, 0.4) is 0 Å². The van der Waals surface area contributed by atoms with Crippen LogP contribution in [0.2, 0.25) is 10.0 Å². The van der Waals surface area contributed by atoms with E-state index in [0.717, 1.165) is 32.7 Å². The maximum atomic E-state index is 13.4. The van der Waals surface area contributed by atoms with Gasteiger partial charge in [0.1, 0.15) is 11.6 Å². The molecule has 7 nitrogen and oxygen atoms in total. The van der Waals surface area contributed by atoms with E-state index in [-0.39, 0.29) is 12.5 Å². The summed E-state index contributed by atoms with van der Waals surface area (Å²) in [4.78, 5) is 19.6. The van der Waals surface area contributed by atoms with Crippen LogP contribution in [0.4, 0.5) is 5.82 Å². The Balaban J connectivity index is 1.29. The highest BCUT2D eigenvalue weighted by Crippen LogP contribution is 2.35. The highest BCUT2D eigenvalue weighted by atomic mass is 35.5. The first-order valence-electron chi connectivity index (χ1n) is 11.5. The standard InChI is InChI=1S/C26H24Cl2N6O/c27-21-6-7-23(28)22(14-21)24-8-9-33(26-20(15-29)16-30-34(24)26)25(35)18-32-12-10-31(11-13-32)17-19-4-2-1-3-5-19/h1-8,14,16H,9-13,17-18H2. The highest BCUT2D eigenvalue weighted by Gasteiger charge is 2.31. The Morgan fingerprint density at radius 3 is 2.51 bits per heavy atom. The van der Waals surface area contributed by atoms with Crippen molar-refractivity contribution in [2.45, 2.75) is 6.54 Å². The van der Waals surface area contributed by atoms with E-state index >= 15 is 0 Å². The second-order valence-electron chi connectivity index (χ2n) is 8.66. The molecule has 1 saturated heterocycles. The SMILES string of the molecule is N#Cc1cnn2c1N(C(=O)CN1CCN(Cc3ccccc3)CC1)CC=C2c1cc(Cl)ccc1Cl. The third-order valence-corrected chi connectivity index (χ3v) is 6.96. The van der Waals surface area contributed by atoms with Crippen LogP contribution < -0.4 is 4.90 Å². The second kappa shape index (κ2) is 10.2. The van der Waals surface area contributed by atoms with Crippen molar-refractivity contribution in [2.75, 3.05) is 44.2 Å². The van der Waals surface area contributed by atoms with Crippen LogP contribution in [0, 0.1) is 11.3 Å². The number of nitrogens with zero attached hydrogens (tertiary/aromatic N) is 6. The molecule has 5 rings (SSSR count). The van der Waals surface area contributed by atoms with Crippen molar-refractivity contribution in [3.63, 3.8) is 0 Å². The predicted molar refractivity (Wildman–Crippen MR) is 137 cm³/mol. The Hall–Kier alpha value is -3.15. The Kier molecular flexibility index (Phi) is 6.89. The fraction of sp³-hybridized carbons (Fsp3) is 0.269. The fourth-order valence-electron chi connectivity index (χ4n) is 4.57. The van der Waals surface area contributed by atoms with Gasteiger partial charge in [-0.15, -0.1) is 0 Å². The van der Waals surface area contributed by atoms with Gasteiger partial charge in [0.25, 0.3) is 0 Å². The predicted octanol–water partition coefficient (Wildman–Crippen LogP) is 4.12. The zero-order chi connectivity index (χ0) is 24.4. The number of fused-ring (bicyclic) bond motifs is 1. The molecule has 178 valence electrons. The molecule has 0 radical (unpaired) electrons. The number of hydrogen-bond acceptors (Lipinski definition) is 5. The number of carbonyl (C=O) groups excluding carboxylic acids is 1. The molecule has 0 atom stereocenters. The molecule has 9 heteroatoms.